The molecule has 0 radical (unpaired) electrons. The van der Waals surface area contributed by atoms with Gasteiger partial charge in [-0.2, -0.15) is 0 Å². The van der Waals surface area contributed by atoms with Crippen molar-refractivity contribution in [2.45, 2.75) is 85.0 Å². The molecular formula is C16H35P. The van der Waals surface area contributed by atoms with Gasteiger partial charge in [-0.3, -0.25) is 0 Å². The molecule has 17 heavy (non-hydrogen) atoms. The lowest BCUT2D eigenvalue weighted by molar-refractivity contribution is 0.694. The maximum atomic E-state index is 2.33. The summed E-state index contributed by atoms with van der Waals surface area (Å²) in [6, 6.07) is 0. The Morgan fingerprint density at radius 2 is 0.882 bits per heavy atom. The highest BCUT2D eigenvalue weighted by molar-refractivity contribution is 7.57. The van der Waals surface area contributed by atoms with Crippen LogP contribution >= 0.6 is 7.92 Å². The second-order valence-corrected chi connectivity index (χ2v) is 8.00. The van der Waals surface area contributed by atoms with Crippen molar-refractivity contribution in [2.24, 2.45) is 0 Å². The molecule has 0 fully saturated rings. The van der Waals surface area contributed by atoms with E-state index in [0.29, 0.717) is 7.92 Å². The van der Waals surface area contributed by atoms with Crippen molar-refractivity contribution >= 4 is 7.92 Å². The second-order valence-electron chi connectivity index (χ2n) is 5.32. The average Bonchev–Trinajstić information content (AvgIpc) is 2.35. The van der Waals surface area contributed by atoms with Crippen molar-refractivity contribution in [1.29, 1.82) is 0 Å². The molecule has 0 bridgehead atoms. The van der Waals surface area contributed by atoms with Gasteiger partial charge in [-0.15, -0.1) is 7.92 Å². The van der Waals surface area contributed by atoms with Gasteiger partial charge in [0.2, 0.25) is 0 Å². The van der Waals surface area contributed by atoms with Crippen LogP contribution in [-0.4, -0.2) is 18.5 Å². The first-order valence-electron chi connectivity index (χ1n) is 8.07. The molecule has 0 N–H and O–H groups in total. The Hall–Kier alpha value is 0.430. The first kappa shape index (κ1) is 17.4. The van der Waals surface area contributed by atoms with E-state index >= 15 is 0 Å². The number of unbranched alkanes of at least 4 members (excludes halogenated alkanes) is 7. The molecule has 0 aromatic heterocycles. The second kappa shape index (κ2) is 14.5. The summed E-state index contributed by atoms with van der Waals surface area (Å²) in [6.45, 7) is 6.96. The van der Waals surface area contributed by atoms with Crippen molar-refractivity contribution in [3.8, 4) is 0 Å². The van der Waals surface area contributed by atoms with Gasteiger partial charge in [0.25, 0.3) is 0 Å². The van der Waals surface area contributed by atoms with Crippen LogP contribution in [0.4, 0.5) is 0 Å². The molecule has 0 aliphatic heterocycles. The van der Waals surface area contributed by atoms with Crippen molar-refractivity contribution in [3.63, 3.8) is 0 Å². The third-order valence-corrected chi connectivity index (χ3v) is 6.33. The SMILES string of the molecule is CCCCCCP(CCCC)CCCCCC. The van der Waals surface area contributed by atoms with Crippen LogP contribution in [0.2, 0.25) is 0 Å². The van der Waals surface area contributed by atoms with Crippen LogP contribution in [0, 0.1) is 0 Å². The van der Waals surface area contributed by atoms with E-state index in [0.717, 1.165) is 0 Å². The molecule has 104 valence electrons. The van der Waals surface area contributed by atoms with E-state index in [1.807, 2.05) is 0 Å². The molecule has 0 rings (SSSR count). The lowest BCUT2D eigenvalue weighted by atomic mass is 10.2. The zero-order chi connectivity index (χ0) is 12.8. The smallest absolute Gasteiger partial charge is 0.0326 e. The Bertz CT molecular complexity index is 121. The molecule has 0 aromatic rings. The number of hydrogen-bond donors (Lipinski definition) is 0. The van der Waals surface area contributed by atoms with Crippen molar-refractivity contribution < 1.29 is 0 Å². The summed E-state index contributed by atoms with van der Waals surface area (Å²) in [4.78, 5) is 0. The van der Waals surface area contributed by atoms with Crippen LogP contribution < -0.4 is 0 Å². The summed E-state index contributed by atoms with van der Waals surface area (Å²) in [7, 11) is 0.400. The molecule has 0 atom stereocenters. The molecule has 0 aromatic carbocycles. The largest absolute Gasteiger partial charge is 0.107 e. The predicted octanol–water partition coefficient (Wildman–Crippen LogP) is 6.43. The third-order valence-electron chi connectivity index (χ3n) is 3.48. The standard InChI is InChI=1S/C16H35P/c1-4-7-10-12-15-17(14-9-6-3)16-13-11-8-5-2/h4-16H2,1-3H3. The van der Waals surface area contributed by atoms with Gasteiger partial charge in [0.05, 0.1) is 0 Å². The lowest BCUT2D eigenvalue weighted by Crippen LogP contribution is -1.96. The Morgan fingerprint density at radius 1 is 0.471 bits per heavy atom. The average molecular weight is 258 g/mol. The van der Waals surface area contributed by atoms with Crippen molar-refractivity contribution in [3.05, 3.63) is 0 Å². The molecule has 0 saturated carbocycles. The molecule has 0 aliphatic carbocycles. The minimum absolute atomic E-state index is 0.400. The molecule has 0 saturated heterocycles. The maximum Gasteiger partial charge on any atom is -0.0326 e. The van der Waals surface area contributed by atoms with E-state index < -0.39 is 0 Å². The normalized spacial score (nSPS) is 11.3. The summed E-state index contributed by atoms with van der Waals surface area (Å²) >= 11 is 0. The molecular weight excluding hydrogens is 223 g/mol. The molecule has 0 unspecified atom stereocenters. The van der Waals surface area contributed by atoms with Crippen LogP contribution in [0.25, 0.3) is 0 Å². The van der Waals surface area contributed by atoms with Crippen molar-refractivity contribution in [1.82, 2.24) is 0 Å². The van der Waals surface area contributed by atoms with Gasteiger partial charge >= 0.3 is 0 Å². The zero-order valence-corrected chi connectivity index (χ0v) is 13.5. The molecule has 0 nitrogen and oxygen atoms in total. The summed E-state index contributed by atoms with van der Waals surface area (Å²) < 4.78 is 0. The molecule has 0 spiro atoms. The van der Waals surface area contributed by atoms with E-state index in [1.54, 1.807) is 18.5 Å². The quantitative estimate of drug-likeness (QED) is 0.264. The minimum atomic E-state index is 0.400. The van der Waals surface area contributed by atoms with Crippen LogP contribution in [0.1, 0.15) is 85.0 Å². The lowest BCUT2D eigenvalue weighted by Gasteiger charge is -2.17. The summed E-state index contributed by atoms with van der Waals surface area (Å²) in [5.74, 6) is 0. The Kier molecular flexibility index (Phi) is 14.9. The maximum absolute atomic E-state index is 2.33. The molecule has 1 heteroatoms. The van der Waals surface area contributed by atoms with Gasteiger partial charge in [0.15, 0.2) is 0 Å². The third kappa shape index (κ3) is 12.7. The fourth-order valence-corrected chi connectivity index (χ4v) is 5.02. The van der Waals surface area contributed by atoms with Crippen LogP contribution in [0.5, 0.6) is 0 Å². The van der Waals surface area contributed by atoms with Gasteiger partial charge in [0, 0.05) is 0 Å². The first-order chi connectivity index (χ1) is 8.35. The van der Waals surface area contributed by atoms with E-state index in [9.17, 15) is 0 Å². The van der Waals surface area contributed by atoms with Crippen LogP contribution in [-0.2, 0) is 0 Å². The number of rotatable bonds is 13. The van der Waals surface area contributed by atoms with Crippen LogP contribution in [0.15, 0.2) is 0 Å². The number of hydrogen-bond acceptors (Lipinski definition) is 0. The monoisotopic (exact) mass is 258 g/mol. The van der Waals surface area contributed by atoms with Gasteiger partial charge in [0.1, 0.15) is 0 Å². The predicted molar refractivity (Wildman–Crippen MR) is 84.7 cm³/mol. The van der Waals surface area contributed by atoms with Crippen LogP contribution in [0.3, 0.4) is 0 Å². The van der Waals surface area contributed by atoms with Crippen molar-refractivity contribution in [2.75, 3.05) is 18.5 Å². The summed E-state index contributed by atoms with van der Waals surface area (Å²) in [5, 5.41) is 0. The fourth-order valence-electron chi connectivity index (χ4n) is 2.24. The van der Waals surface area contributed by atoms with E-state index in [-0.39, 0.29) is 0 Å². The summed E-state index contributed by atoms with van der Waals surface area (Å²) in [5.41, 5.74) is 0. The van der Waals surface area contributed by atoms with Gasteiger partial charge in [-0.1, -0.05) is 65.7 Å². The Morgan fingerprint density at radius 3 is 1.29 bits per heavy atom. The highest BCUT2D eigenvalue weighted by Gasteiger charge is 2.06. The molecule has 0 heterocycles. The highest BCUT2D eigenvalue weighted by atomic mass is 31.1. The van der Waals surface area contributed by atoms with Gasteiger partial charge in [-0.05, 0) is 37.7 Å². The Balaban J connectivity index is 3.56. The molecule has 0 aliphatic rings. The fraction of sp³-hybridized carbons (Fsp3) is 1.00. The minimum Gasteiger partial charge on any atom is -0.107 e. The highest BCUT2D eigenvalue weighted by Crippen LogP contribution is 2.39. The van der Waals surface area contributed by atoms with E-state index in [4.69, 9.17) is 0 Å². The van der Waals surface area contributed by atoms with E-state index in [1.165, 1.54) is 64.2 Å². The topological polar surface area (TPSA) is 0 Å². The first-order valence-corrected chi connectivity index (χ1v) is 9.97. The molecule has 0 amide bonds. The summed E-state index contributed by atoms with van der Waals surface area (Å²) in [6.07, 6.45) is 19.2. The van der Waals surface area contributed by atoms with E-state index in [2.05, 4.69) is 20.8 Å². The van der Waals surface area contributed by atoms with Gasteiger partial charge in [-0.25, -0.2) is 0 Å². The zero-order valence-electron chi connectivity index (χ0n) is 12.6. The van der Waals surface area contributed by atoms with Gasteiger partial charge < -0.3 is 0 Å². The Labute approximate surface area is 112 Å².